The van der Waals surface area contributed by atoms with E-state index in [0.717, 1.165) is 23.3 Å². The topological polar surface area (TPSA) is 28.7 Å². The van der Waals surface area contributed by atoms with Gasteiger partial charge in [-0.3, -0.25) is 0 Å². The maximum atomic E-state index is 12.7. The molecule has 0 fully saturated rings. The summed E-state index contributed by atoms with van der Waals surface area (Å²) in [6, 6.07) is 11.2. The summed E-state index contributed by atoms with van der Waals surface area (Å²) >= 11 is 0. The van der Waals surface area contributed by atoms with E-state index >= 15 is 0 Å². The SMILES string of the molecule is CC.Cc1ccc(-c2nc3ccc(C(F)(F)F)cc3[nH]2)cc1. The van der Waals surface area contributed by atoms with Crippen LogP contribution in [0, 0.1) is 6.92 Å². The molecule has 3 rings (SSSR count). The maximum Gasteiger partial charge on any atom is 0.416 e. The first-order valence-corrected chi connectivity index (χ1v) is 7.07. The normalized spacial score (nSPS) is 11.2. The van der Waals surface area contributed by atoms with Gasteiger partial charge in [0.2, 0.25) is 0 Å². The van der Waals surface area contributed by atoms with Gasteiger partial charge in [0, 0.05) is 5.56 Å². The first-order valence-electron chi connectivity index (χ1n) is 7.07. The summed E-state index contributed by atoms with van der Waals surface area (Å²) in [6.45, 7) is 5.97. The van der Waals surface area contributed by atoms with E-state index in [-0.39, 0.29) is 0 Å². The summed E-state index contributed by atoms with van der Waals surface area (Å²) in [6.07, 6.45) is -4.34. The Morgan fingerprint density at radius 1 is 0.955 bits per heavy atom. The molecule has 0 aliphatic rings. The van der Waals surface area contributed by atoms with Crippen molar-refractivity contribution in [2.45, 2.75) is 26.9 Å². The summed E-state index contributed by atoms with van der Waals surface area (Å²) in [5, 5.41) is 0. The molecule has 0 amide bonds. The lowest BCUT2D eigenvalue weighted by Gasteiger charge is -2.05. The molecule has 1 N–H and O–H groups in total. The van der Waals surface area contributed by atoms with Gasteiger partial charge in [-0.15, -0.1) is 0 Å². The minimum atomic E-state index is -4.34. The van der Waals surface area contributed by atoms with Gasteiger partial charge in [-0.05, 0) is 25.1 Å². The highest BCUT2D eigenvalue weighted by Crippen LogP contribution is 2.31. The molecule has 0 bridgehead atoms. The Morgan fingerprint density at radius 3 is 2.18 bits per heavy atom. The lowest BCUT2D eigenvalue weighted by molar-refractivity contribution is -0.137. The molecule has 1 aromatic heterocycles. The Hall–Kier alpha value is -2.30. The van der Waals surface area contributed by atoms with Crippen LogP contribution in [0.4, 0.5) is 13.2 Å². The van der Waals surface area contributed by atoms with Gasteiger partial charge in [-0.1, -0.05) is 43.7 Å². The second-order valence-electron chi connectivity index (χ2n) is 4.68. The molecule has 3 aromatic rings. The van der Waals surface area contributed by atoms with Crippen LogP contribution in [-0.4, -0.2) is 9.97 Å². The highest BCUT2D eigenvalue weighted by Gasteiger charge is 2.30. The van der Waals surface area contributed by atoms with Crippen molar-refractivity contribution in [3.63, 3.8) is 0 Å². The Kier molecular flexibility index (Phi) is 4.54. The highest BCUT2D eigenvalue weighted by molar-refractivity contribution is 5.80. The van der Waals surface area contributed by atoms with E-state index in [1.165, 1.54) is 6.07 Å². The fraction of sp³-hybridized carbons (Fsp3) is 0.235. The Bertz CT molecular complexity index is 756. The van der Waals surface area contributed by atoms with E-state index in [0.29, 0.717) is 16.9 Å². The lowest BCUT2D eigenvalue weighted by atomic mass is 10.1. The Labute approximate surface area is 127 Å². The van der Waals surface area contributed by atoms with Gasteiger partial charge in [0.25, 0.3) is 0 Å². The Balaban J connectivity index is 0.000000847. The number of nitrogens with one attached hydrogen (secondary N) is 1. The minimum absolute atomic E-state index is 0.385. The van der Waals surface area contributed by atoms with Crippen molar-refractivity contribution < 1.29 is 13.2 Å². The van der Waals surface area contributed by atoms with Crippen LogP contribution in [0.25, 0.3) is 22.4 Å². The fourth-order valence-electron chi connectivity index (χ4n) is 2.03. The van der Waals surface area contributed by atoms with Gasteiger partial charge in [0.05, 0.1) is 16.6 Å². The third kappa shape index (κ3) is 3.30. The Morgan fingerprint density at radius 2 is 1.59 bits per heavy atom. The van der Waals surface area contributed by atoms with E-state index in [9.17, 15) is 13.2 Å². The number of alkyl halides is 3. The average molecular weight is 306 g/mol. The number of hydrogen-bond acceptors (Lipinski definition) is 1. The predicted octanol–water partition coefficient (Wildman–Crippen LogP) is 5.58. The van der Waals surface area contributed by atoms with E-state index in [1.807, 2.05) is 45.0 Å². The average Bonchev–Trinajstić information content (AvgIpc) is 2.92. The number of H-pyrrole nitrogens is 1. The number of aryl methyl sites for hydroxylation is 1. The van der Waals surface area contributed by atoms with Crippen molar-refractivity contribution in [2.75, 3.05) is 0 Å². The number of imidazole rings is 1. The molecule has 0 saturated carbocycles. The van der Waals surface area contributed by atoms with Crippen molar-refractivity contribution in [1.29, 1.82) is 0 Å². The molecule has 0 spiro atoms. The molecule has 22 heavy (non-hydrogen) atoms. The molecule has 0 unspecified atom stereocenters. The van der Waals surface area contributed by atoms with Crippen LogP contribution in [0.3, 0.4) is 0 Å². The molecule has 116 valence electrons. The zero-order valence-corrected chi connectivity index (χ0v) is 12.6. The van der Waals surface area contributed by atoms with Crippen molar-refractivity contribution >= 4 is 11.0 Å². The minimum Gasteiger partial charge on any atom is -0.338 e. The molecule has 0 radical (unpaired) electrons. The molecule has 5 heteroatoms. The third-order valence-corrected chi connectivity index (χ3v) is 3.13. The zero-order valence-electron chi connectivity index (χ0n) is 12.6. The van der Waals surface area contributed by atoms with Crippen molar-refractivity contribution in [1.82, 2.24) is 9.97 Å². The summed E-state index contributed by atoms with van der Waals surface area (Å²) in [7, 11) is 0. The fourth-order valence-corrected chi connectivity index (χ4v) is 2.03. The van der Waals surface area contributed by atoms with Gasteiger partial charge >= 0.3 is 6.18 Å². The number of halogens is 3. The zero-order chi connectivity index (χ0) is 16.3. The van der Waals surface area contributed by atoms with Gasteiger partial charge in [0.1, 0.15) is 5.82 Å². The standard InChI is InChI=1S/C15H11F3N2.C2H6/c1-9-2-4-10(5-3-9)14-19-12-7-6-11(15(16,17)18)8-13(12)20-14;1-2/h2-8H,1H3,(H,19,20);1-2H3. The van der Waals surface area contributed by atoms with Crippen LogP contribution in [0.5, 0.6) is 0 Å². The smallest absolute Gasteiger partial charge is 0.338 e. The number of aromatic amines is 1. The van der Waals surface area contributed by atoms with Crippen molar-refractivity contribution in [3.8, 4) is 11.4 Å². The summed E-state index contributed by atoms with van der Waals surface area (Å²) < 4.78 is 38.0. The van der Waals surface area contributed by atoms with Crippen LogP contribution in [0.15, 0.2) is 42.5 Å². The third-order valence-electron chi connectivity index (χ3n) is 3.13. The first-order chi connectivity index (χ1) is 10.4. The van der Waals surface area contributed by atoms with Gasteiger partial charge in [0.15, 0.2) is 0 Å². The molecule has 0 saturated heterocycles. The second-order valence-corrected chi connectivity index (χ2v) is 4.68. The molecular formula is C17H17F3N2. The summed E-state index contributed by atoms with van der Waals surface area (Å²) in [5.74, 6) is 0.569. The molecule has 0 aliphatic heterocycles. The highest BCUT2D eigenvalue weighted by atomic mass is 19.4. The number of hydrogen-bond donors (Lipinski definition) is 1. The van der Waals surface area contributed by atoms with Crippen LogP contribution >= 0.6 is 0 Å². The monoisotopic (exact) mass is 306 g/mol. The van der Waals surface area contributed by atoms with Gasteiger partial charge in [-0.2, -0.15) is 13.2 Å². The van der Waals surface area contributed by atoms with Crippen LogP contribution in [0.2, 0.25) is 0 Å². The van der Waals surface area contributed by atoms with E-state index in [2.05, 4.69) is 9.97 Å². The number of nitrogens with zero attached hydrogens (tertiary/aromatic N) is 1. The molecule has 2 nitrogen and oxygen atoms in total. The predicted molar refractivity (Wildman–Crippen MR) is 82.6 cm³/mol. The largest absolute Gasteiger partial charge is 0.416 e. The van der Waals surface area contributed by atoms with Gasteiger partial charge < -0.3 is 4.98 Å². The number of aromatic nitrogens is 2. The van der Waals surface area contributed by atoms with Gasteiger partial charge in [-0.25, -0.2) is 4.98 Å². The van der Waals surface area contributed by atoms with E-state index in [1.54, 1.807) is 0 Å². The van der Waals surface area contributed by atoms with Crippen molar-refractivity contribution in [3.05, 3.63) is 53.6 Å². The van der Waals surface area contributed by atoms with Crippen molar-refractivity contribution in [2.24, 2.45) is 0 Å². The van der Waals surface area contributed by atoms with E-state index < -0.39 is 11.7 Å². The summed E-state index contributed by atoms with van der Waals surface area (Å²) in [4.78, 5) is 7.25. The number of benzene rings is 2. The molecule has 0 aliphatic carbocycles. The quantitative estimate of drug-likeness (QED) is 0.624. The molecule has 1 heterocycles. The van der Waals surface area contributed by atoms with Crippen LogP contribution < -0.4 is 0 Å². The maximum absolute atomic E-state index is 12.7. The molecular weight excluding hydrogens is 289 g/mol. The van der Waals surface area contributed by atoms with Crippen LogP contribution in [-0.2, 0) is 6.18 Å². The second kappa shape index (κ2) is 6.22. The number of fused-ring (bicyclic) bond motifs is 1. The number of rotatable bonds is 1. The molecule has 0 atom stereocenters. The summed E-state index contributed by atoms with van der Waals surface area (Å²) in [5.41, 5.74) is 2.19. The molecule has 2 aromatic carbocycles. The van der Waals surface area contributed by atoms with E-state index in [4.69, 9.17) is 0 Å². The lowest BCUT2D eigenvalue weighted by Crippen LogP contribution is -2.04. The first kappa shape index (κ1) is 16.1. The van der Waals surface area contributed by atoms with Crippen LogP contribution in [0.1, 0.15) is 25.0 Å².